The molecule has 1 N–H and O–H groups in total. The zero-order valence-electron chi connectivity index (χ0n) is 16.2. The van der Waals surface area contributed by atoms with E-state index in [9.17, 15) is 9.59 Å². The third kappa shape index (κ3) is 2.86. The van der Waals surface area contributed by atoms with Crippen molar-refractivity contribution in [1.82, 2.24) is 9.97 Å². The monoisotopic (exact) mass is 444 g/mol. The van der Waals surface area contributed by atoms with Crippen molar-refractivity contribution < 1.29 is 9.59 Å². The Labute approximate surface area is 186 Å². The summed E-state index contributed by atoms with van der Waals surface area (Å²) in [5.74, 6) is 0.214. The van der Waals surface area contributed by atoms with Gasteiger partial charge < -0.3 is 5.32 Å². The number of fused-ring (bicyclic) bond motifs is 4. The van der Waals surface area contributed by atoms with Gasteiger partial charge in [-0.3, -0.25) is 14.5 Å². The van der Waals surface area contributed by atoms with Gasteiger partial charge in [-0.15, -0.1) is 11.3 Å². The number of carbonyl (C=O) groups excluding carboxylic acids is 2. The Morgan fingerprint density at radius 3 is 2.74 bits per heavy atom. The van der Waals surface area contributed by atoms with Crippen LogP contribution < -0.4 is 10.2 Å². The van der Waals surface area contributed by atoms with E-state index in [2.05, 4.69) is 15.3 Å². The fourth-order valence-corrected chi connectivity index (χ4v) is 6.47. The number of aromatic nitrogens is 2. The van der Waals surface area contributed by atoms with Crippen LogP contribution in [0.5, 0.6) is 0 Å². The molecule has 0 aliphatic carbocycles. The Hall–Kier alpha value is -3.23. The summed E-state index contributed by atoms with van der Waals surface area (Å²) < 4.78 is 1.12. The fraction of sp³-hybridized carbons (Fsp3) is 0.130. The second-order valence-corrected chi connectivity index (χ2v) is 9.81. The van der Waals surface area contributed by atoms with Crippen molar-refractivity contribution in [3.8, 4) is 10.6 Å². The summed E-state index contributed by atoms with van der Waals surface area (Å²) in [6.45, 7) is 0. The first-order chi connectivity index (χ1) is 15.1. The molecule has 6 nitrogen and oxygen atoms in total. The van der Waals surface area contributed by atoms with E-state index in [1.807, 2.05) is 54.6 Å². The molecule has 2 aromatic heterocycles. The third-order valence-corrected chi connectivity index (χ3v) is 8.13. The number of rotatable bonds is 3. The highest BCUT2D eigenvalue weighted by molar-refractivity contribution is 8.02. The number of hydrogen-bond acceptors (Lipinski definition) is 6. The van der Waals surface area contributed by atoms with E-state index in [0.717, 1.165) is 31.4 Å². The zero-order valence-corrected chi connectivity index (χ0v) is 17.9. The number of hydrogen-bond donors (Lipinski definition) is 1. The standard InChI is InChI=1S/C23H16N4O2S2/c28-20-11-12-23(27(20)16-6-2-4-8-18(16)31-23)22(29)26-19-10-9-14(13-24-19)21-25-15-5-1-3-7-17(15)30-21/h1-10,13H,11-12H2,(H,24,26,29). The summed E-state index contributed by atoms with van der Waals surface area (Å²) in [4.78, 5) is 36.6. The van der Waals surface area contributed by atoms with E-state index < -0.39 is 4.87 Å². The molecular formula is C23H16N4O2S2. The van der Waals surface area contributed by atoms with Crippen LogP contribution in [0.3, 0.4) is 0 Å². The van der Waals surface area contributed by atoms with E-state index >= 15 is 0 Å². The van der Waals surface area contributed by atoms with Crippen molar-refractivity contribution in [3.63, 3.8) is 0 Å². The second kappa shape index (κ2) is 6.90. The minimum Gasteiger partial charge on any atom is -0.308 e. The molecule has 152 valence electrons. The minimum absolute atomic E-state index is 0.0215. The van der Waals surface area contributed by atoms with Crippen LogP contribution in [0.4, 0.5) is 11.5 Å². The lowest BCUT2D eigenvalue weighted by molar-refractivity contribution is -0.121. The molecule has 0 bridgehead atoms. The van der Waals surface area contributed by atoms with Crippen LogP contribution in [0, 0.1) is 0 Å². The number of nitrogens with zero attached hydrogens (tertiary/aromatic N) is 3. The molecule has 1 fully saturated rings. The summed E-state index contributed by atoms with van der Waals surface area (Å²) in [5, 5.41) is 3.81. The van der Waals surface area contributed by atoms with Crippen LogP contribution in [0.15, 0.2) is 71.8 Å². The third-order valence-electron chi connectivity index (χ3n) is 5.57. The first-order valence-corrected chi connectivity index (χ1v) is 11.5. The number of thiazole rings is 1. The lowest BCUT2D eigenvalue weighted by atomic mass is 10.2. The summed E-state index contributed by atoms with van der Waals surface area (Å²) in [6, 6.07) is 19.3. The van der Waals surface area contributed by atoms with Gasteiger partial charge >= 0.3 is 0 Å². The molecule has 8 heteroatoms. The number of anilines is 2. The number of thioether (sulfide) groups is 1. The quantitative estimate of drug-likeness (QED) is 0.485. The molecule has 4 heterocycles. The molecule has 6 rings (SSSR count). The topological polar surface area (TPSA) is 75.2 Å². The average Bonchev–Trinajstić information content (AvgIpc) is 3.46. The largest absolute Gasteiger partial charge is 0.308 e. The normalized spacial score (nSPS) is 19.5. The van der Waals surface area contributed by atoms with Crippen molar-refractivity contribution in [3.05, 3.63) is 66.9 Å². The van der Waals surface area contributed by atoms with Crippen LogP contribution >= 0.6 is 23.1 Å². The SMILES string of the molecule is O=C1CCC2(C(=O)Nc3ccc(-c4nc5ccccc5s4)cn3)Sc3ccccc3N12. The Kier molecular flexibility index (Phi) is 4.12. The van der Waals surface area contributed by atoms with E-state index in [-0.39, 0.29) is 11.8 Å². The molecule has 0 radical (unpaired) electrons. The highest BCUT2D eigenvalue weighted by atomic mass is 32.2. The summed E-state index contributed by atoms with van der Waals surface area (Å²) in [5.41, 5.74) is 2.67. The number of para-hydroxylation sites is 2. The van der Waals surface area contributed by atoms with Crippen molar-refractivity contribution in [2.45, 2.75) is 22.6 Å². The van der Waals surface area contributed by atoms with Gasteiger partial charge in [-0.1, -0.05) is 36.0 Å². The van der Waals surface area contributed by atoms with Gasteiger partial charge in [-0.25, -0.2) is 9.97 Å². The number of pyridine rings is 1. The lowest BCUT2D eigenvalue weighted by Gasteiger charge is -2.29. The molecule has 1 unspecified atom stereocenters. The highest BCUT2D eigenvalue weighted by Crippen LogP contribution is 2.56. The first-order valence-electron chi connectivity index (χ1n) is 9.89. The minimum atomic E-state index is -0.950. The highest BCUT2D eigenvalue weighted by Gasteiger charge is 2.57. The maximum absolute atomic E-state index is 13.3. The lowest BCUT2D eigenvalue weighted by Crippen LogP contribution is -2.49. The molecule has 0 spiro atoms. The first kappa shape index (κ1) is 18.5. The van der Waals surface area contributed by atoms with Crippen molar-refractivity contribution in [1.29, 1.82) is 0 Å². The fourth-order valence-electron chi connectivity index (χ4n) is 4.10. The van der Waals surface area contributed by atoms with Crippen LogP contribution in [-0.2, 0) is 9.59 Å². The van der Waals surface area contributed by atoms with Crippen LogP contribution in [0.25, 0.3) is 20.8 Å². The van der Waals surface area contributed by atoms with Gasteiger partial charge in [0.25, 0.3) is 5.91 Å². The van der Waals surface area contributed by atoms with E-state index in [4.69, 9.17) is 0 Å². The summed E-state index contributed by atoms with van der Waals surface area (Å²) in [6.07, 6.45) is 2.55. The molecule has 1 saturated heterocycles. The molecule has 0 saturated carbocycles. The maximum atomic E-state index is 13.3. The van der Waals surface area contributed by atoms with Crippen molar-refractivity contribution in [2.24, 2.45) is 0 Å². The summed E-state index contributed by atoms with van der Waals surface area (Å²) >= 11 is 3.05. The maximum Gasteiger partial charge on any atom is 0.262 e. The van der Waals surface area contributed by atoms with Gasteiger partial charge in [0.15, 0.2) is 4.87 Å². The van der Waals surface area contributed by atoms with E-state index in [1.54, 1.807) is 28.5 Å². The predicted octanol–water partition coefficient (Wildman–Crippen LogP) is 4.93. The molecule has 4 aromatic rings. The Bertz CT molecular complexity index is 1320. The van der Waals surface area contributed by atoms with Gasteiger partial charge in [0.05, 0.1) is 15.9 Å². The van der Waals surface area contributed by atoms with Gasteiger partial charge in [-0.05, 0) is 42.8 Å². The molecule has 1 atom stereocenters. The predicted molar refractivity (Wildman–Crippen MR) is 123 cm³/mol. The smallest absolute Gasteiger partial charge is 0.262 e. The molecular weight excluding hydrogens is 428 g/mol. The molecule has 2 amide bonds. The number of benzene rings is 2. The Morgan fingerprint density at radius 1 is 1.06 bits per heavy atom. The van der Waals surface area contributed by atoms with Gasteiger partial charge in [0.2, 0.25) is 5.91 Å². The van der Waals surface area contributed by atoms with Gasteiger partial charge in [0, 0.05) is 23.1 Å². The summed E-state index contributed by atoms with van der Waals surface area (Å²) in [7, 11) is 0. The van der Waals surface area contributed by atoms with Crippen LogP contribution in [0.1, 0.15) is 12.8 Å². The average molecular weight is 445 g/mol. The Balaban J connectivity index is 1.26. The molecule has 2 aromatic carbocycles. The second-order valence-electron chi connectivity index (χ2n) is 7.46. The number of amides is 2. The van der Waals surface area contributed by atoms with Gasteiger partial charge in [0.1, 0.15) is 10.8 Å². The van der Waals surface area contributed by atoms with Gasteiger partial charge in [-0.2, -0.15) is 0 Å². The number of nitrogens with one attached hydrogen (secondary N) is 1. The zero-order chi connectivity index (χ0) is 21.0. The number of carbonyl (C=O) groups is 2. The molecule has 2 aliphatic rings. The molecule has 2 aliphatic heterocycles. The van der Waals surface area contributed by atoms with Crippen molar-refractivity contribution >= 4 is 56.6 Å². The Morgan fingerprint density at radius 2 is 1.90 bits per heavy atom. The van der Waals surface area contributed by atoms with E-state index in [1.165, 1.54) is 11.8 Å². The van der Waals surface area contributed by atoms with Crippen LogP contribution in [-0.4, -0.2) is 26.7 Å². The van der Waals surface area contributed by atoms with E-state index in [0.29, 0.717) is 18.7 Å². The molecule has 31 heavy (non-hydrogen) atoms. The van der Waals surface area contributed by atoms with Crippen molar-refractivity contribution in [2.75, 3.05) is 10.2 Å². The van der Waals surface area contributed by atoms with Crippen LogP contribution in [0.2, 0.25) is 0 Å².